The van der Waals surface area contributed by atoms with E-state index in [0.717, 1.165) is 12.3 Å². The highest BCUT2D eigenvalue weighted by Gasteiger charge is 1.97. The van der Waals surface area contributed by atoms with E-state index in [1.54, 1.807) is 0 Å². The van der Waals surface area contributed by atoms with Gasteiger partial charge in [0.1, 0.15) is 0 Å². The van der Waals surface area contributed by atoms with Crippen molar-refractivity contribution in [3.8, 4) is 0 Å². The van der Waals surface area contributed by atoms with Crippen molar-refractivity contribution >= 4 is 0 Å². The zero-order valence-electron chi connectivity index (χ0n) is 25.9. The zero-order valence-corrected chi connectivity index (χ0v) is 25.9. The Morgan fingerprint density at radius 2 is 0.444 bits per heavy atom. The number of hydrogen-bond donors (Lipinski definition) is 0. The molecule has 0 aliphatic heterocycles. The number of unbranched alkanes of at least 4 members (excludes halogenated alkanes) is 30. The summed E-state index contributed by atoms with van der Waals surface area (Å²) in [5.74, 6) is 0.896. The van der Waals surface area contributed by atoms with Crippen LogP contribution in [0.5, 0.6) is 0 Å². The normalized spacial score (nSPS) is 11.7. The van der Waals surface area contributed by atoms with Gasteiger partial charge in [0.25, 0.3) is 0 Å². The molecule has 0 heterocycles. The lowest BCUT2D eigenvalue weighted by Crippen LogP contribution is -1.87. The molecular weight excluding hydrogens is 432 g/mol. The molecule has 0 saturated carbocycles. The molecule has 0 unspecified atom stereocenters. The van der Waals surface area contributed by atoms with Crippen molar-refractivity contribution in [1.82, 2.24) is 0 Å². The van der Waals surface area contributed by atoms with Crippen molar-refractivity contribution in [2.24, 2.45) is 5.92 Å². The minimum atomic E-state index is 0.896. The molecule has 1 radical (unpaired) electrons. The molecule has 0 aliphatic carbocycles. The van der Waals surface area contributed by atoms with Gasteiger partial charge in [0, 0.05) is 0 Å². The number of hydrogen-bond acceptors (Lipinski definition) is 0. The molecule has 0 rings (SSSR count). The van der Waals surface area contributed by atoms with Crippen molar-refractivity contribution in [3.63, 3.8) is 0 Å². The van der Waals surface area contributed by atoms with Crippen molar-refractivity contribution in [3.05, 3.63) is 6.92 Å². The minimum absolute atomic E-state index is 0.896. The Bertz CT molecular complexity index is 357. The van der Waals surface area contributed by atoms with Crippen LogP contribution in [0.1, 0.15) is 219 Å². The predicted octanol–water partition coefficient (Wildman–Crippen LogP) is 14.0. The van der Waals surface area contributed by atoms with Crippen LogP contribution in [0, 0.1) is 12.8 Å². The molecule has 0 aromatic rings. The maximum atomic E-state index is 3.93. The quantitative estimate of drug-likeness (QED) is 0.0797. The largest absolute Gasteiger partial charge is 0.0628 e. The van der Waals surface area contributed by atoms with E-state index in [1.807, 2.05) is 0 Å². The molecule has 217 valence electrons. The van der Waals surface area contributed by atoms with Crippen LogP contribution in [0.15, 0.2) is 0 Å². The molecule has 0 amide bonds. The Morgan fingerprint density at radius 1 is 0.278 bits per heavy atom. The molecular formula is C36H73. The van der Waals surface area contributed by atoms with Crippen LogP contribution in [0.25, 0.3) is 0 Å². The van der Waals surface area contributed by atoms with Crippen molar-refractivity contribution < 1.29 is 0 Å². The van der Waals surface area contributed by atoms with E-state index < -0.39 is 0 Å². The Balaban J connectivity index is 3.01. The molecule has 0 fully saturated rings. The third kappa shape index (κ3) is 34.0. The lowest BCUT2D eigenvalue weighted by Gasteiger charge is -2.05. The maximum Gasteiger partial charge on any atom is -0.0471 e. The average Bonchev–Trinajstić information content (AvgIpc) is 2.87. The van der Waals surface area contributed by atoms with Gasteiger partial charge in [-0.15, -0.1) is 0 Å². The van der Waals surface area contributed by atoms with Crippen LogP contribution < -0.4 is 0 Å². The van der Waals surface area contributed by atoms with Gasteiger partial charge in [-0.2, -0.15) is 0 Å². The van der Waals surface area contributed by atoms with Gasteiger partial charge in [-0.1, -0.05) is 226 Å². The van der Waals surface area contributed by atoms with Gasteiger partial charge in [-0.3, -0.25) is 0 Å². The van der Waals surface area contributed by atoms with Crippen LogP contribution in [0.4, 0.5) is 0 Å². The highest BCUT2D eigenvalue weighted by molar-refractivity contribution is 4.53. The van der Waals surface area contributed by atoms with Crippen molar-refractivity contribution in [2.45, 2.75) is 219 Å². The average molecular weight is 506 g/mol. The topological polar surface area (TPSA) is 0 Å². The van der Waals surface area contributed by atoms with Gasteiger partial charge in [-0.05, 0) is 5.92 Å². The lowest BCUT2D eigenvalue weighted by atomic mass is 10.0. The summed E-state index contributed by atoms with van der Waals surface area (Å²) < 4.78 is 0. The first-order chi connectivity index (χ1) is 17.8. The fraction of sp³-hybridized carbons (Fsp3) is 0.972. The Hall–Kier alpha value is 0. The molecule has 0 aromatic heterocycles. The van der Waals surface area contributed by atoms with Crippen LogP contribution >= 0.6 is 0 Å². The van der Waals surface area contributed by atoms with E-state index in [1.165, 1.54) is 199 Å². The molecule has 0 aromatic carbocycles. The van der Waals surface area contributed by atoms with Gasteiger partial charge >= 0.3 is 0 Å². The SMILES string of the molecule is [CH2]CCCCCCCCCCCCCCCCCCCCCCCCCCCCCCCCC(C)C. The smallest absolute Gasteiger partial charge is 0.0471 e. The second-order valence-electron chi connectivity index (χ2n) is 12.6. The first kappa shape index (κ1) is 36.0. The standard InChI is InChI=1S/C36H73/c1-4-5-6-7-8-9-10-11-12-13-14-15-16-17-18-19-20-21-22-23-24-25-26-27-28-29-30-31-32-33-34-35-36(2)3/h36H,1,4-35H2,2-3H3. The van der Waals surface area contributed by atoms with Gasteiger partial charge < -0.3 is 0 Å². The van der Waals surface area contributed by atoms with Gasteiger partial charge in [0.05, 0.1) is 0 Å². The van der Waals surface area contributed by atoms with Crippen molar-refractivity contribution in [1.29, 1.82) is 0 Å². The lowest BCUT2D eigenvalue weighted by molar-refractivity contribution is 0.500. The Morgan fingerprint density at radius 3 is 0.611 bits per heavy atom. The summed E-state index contributed by atoms with van der Waals surface area (Å²) in [6.45, 7) is 8.62. The molecule has 0 atom stereocenters. The molecule has 0 bridgehead atoms. The maximum absolute atomic E-state index is 3.93. The summed E-state index contributed by atoms with van der Waals surface area (Å²) in [6, 6.07) is 0. The summed E-state index contributed by atoms with van der Waals surface area (Å²) in [5, 5.41) is 0. The first-order valence-electron chi connectivity index (χ1n) is 17.6. The predicted molar refractivity (Wildman–Crippen MR) is 168 cm³/mol. The van der Waals surface area contributed by atoms with Gasteiger partial charge in [0.2, 0.25) is 0 Å². The summed E-state index contributed by atoms with van der Waals surface area (Å²) >= 11 is 0. The zero-order chi connectivity index (χ0) is 26.2. The highest BCUT2D eigenvalue weighted by atomic mass is 14.0. The molecule has 0 spiro atoms. The number of rotatable bonds is 32. The van der Waals surface area contributed by atoms with Crippen LogP contribution in [-0.4, -0.2) is 0 Å². The van der Waals surface area contributed by atoms with Gasteiger partial charge in [-0.25, -0.2) is 0 Å². The molecule has 0 saturated heterocycles. The van der Waals surface area contributed by atoms with E-state index in [-0.39, 0.29) is 0 Å². The Kier molecular flexibility index (Phi) is 33.0. The monoisotopic (exact) mass is 506 g/mol. The highest BCUT2D eigenvalue weighted by Crippen LogP contribution is 2.17. The molecule has 0 N–H and O–H groups in total. The van der Waals surface area contributed by atoms with Crippen LogP contribution in [-0.2, 0) is 0 Å². The fourth-order valence-electron chi connectivity index (χ4n) is 5.68. The summed E-state index contributed by atoms with van der Waals surface area (Å²) in [4.78, 5) is 0. The fourth-order valence-corrected chi connectivity index (χ4v) is 5.68. The van der Waals surface area contributed by atoms with E-state index >= 15 is 0 Å². The van der Waals surface area contributed by atoms with E-state index in [0.29, 0.717) is 0 Å². The first-order valence-corrected chi connectivity index (χ1v) is 17.6. The third-order valence-electron chi connectivity index (χ3n) is 8.28. The summed E-state index contributed by atoms with van der Waals surface area (Å²) in [7, 11) is 0. The third-order valence-corrected chi connectivity index (χ3v) is 8.28. The Labute approximate surface area is 232 Å². The van der Waals surface area contributed by atoms with Crippen LogP contribution in [0.3, 0.4) is 0 Å². The summed E-state index contributed by atoms with van der Waals surface area (Å²) in [5.41, 5.74) is 0. The molecule has 0 heteroatoms. The van der Waals surface area contributed by atoms with E-state index in [2.05, 4.69) is 20.8 Å². The van der Waals surface area contributed by atoms with E-state index in [9.17, 15) is 0 Å². The molecule has 36 heavy (non-hydrogen) atoms. The van der Waals surface area contributed by atoms with E-state index in [4.69, 9.17) is 0 Å². The minimum Gasteiger partial charge on any atom is -0.0628 e. The molecule has 0 aliphatic rings. The summed E-state index contributed by atoms with van der Waals surface area (Å²) in [6.07, 6.45) is 46.8. The van der Waals surface area contributed by atoms with Gasteiger partial charge in [0.15, 0.2) is 0 Å². The second-order valence-corrected chi connectivity index (χ2v) is 12.6. The molecule has 0 nitrogen and oxygen atoms in total. The van der Waals surface area contributed by atoms with Crippen molar-refractivity contribution in [2.75, 3.05) is 0 Å². The van der Waals surface area contributed by atoms with Crippen LogP contribution in [0.2, 0.25) is 0 Å². The second kappa shape index (κ2) is 33.0.